The molecule has 1 aliphatic rings. The van der Waals surface area contributed by atoms with Crippen LogP contribution in [0.1, 0.15) is 38.5 Å². The van der Waals surface area contributed by atoms with Crippen LogP contribution in [-0.2, 0) is 11.3 Å². The average Bonchev–Trinajstić information content (AvgIpc) is 3.07. The Bertz CT molecular complexity index is 861. The van der Waals surface area contributed by atoms with Crippen molar-refractivity contribution in [2.24, 2.45) is 5.92 Å². The van der Waals surface area contributed by atoms with Crippen molar-refractivity contribution in [1.82, 2.24) is 9.80 Å². The van der Waals surface area contributed by atoms with Gasteiger partial charge in [0, 0.05) is 34.6 Å². The van der Waals surface area contributed by atoms with E-state index < -0.39 is 0 Å². The third-order valence-corrected chi connectivity index (χ3v) is 6.26. The van der Waals surface area contributed by atoms with Gasteiger partial charge in [0.15, 0.2) is 0 Å². The Balaban J connectivity index is 1.69. The first kappa shape index (κ1) is 20.6. The number of carbonyl (C=O) groups excluding carboxylic acids is 2. The van der Waals surface area contributed by atoms with E-state index in [0.717, 1.165) is 42.1 Å². The highest BCUT2D eigenvalue weighted by Gasteiger charge is 2.24. The largest absolute Gasteiger partial charge is 0.337 e. The van der Waals surface area contributed by atoms with Crippen molar-refractivity contribution < 1.29 is 9.59 Å². The smallest absolute Gasteiger partial charge is 0.253 e. The van der Waals surface area contributed by atoms with Gasteiger partial charge in [0.25, 0.3) is 5.91 Å². The van der Waals surface area contributed by atoms with E-state index in [4.69, 9.17) is 0 Å². The zero-order valence-electron chi connectivity index (χ0n) is 17.1. The lowest BCUT2D eigenvalue weighted by molar-refractivity contribution is -0.121. The number of carbonyl (C=O) groups is 2. The number of rotatable bonds is 5. The summed E-state index contributed by atoms with van der Waals surface area (Å²) in [4.78, 5) is 31.9. The minimum Gasteiger partial charge on any atom is -0.337 e. The van der Waals surface area contributed by atoms with Gasteiger partial charge in [0.05, 0.1) is 12.5 Å². The van der Waals surface area contributed by atoms with Gasteiger partial charge in [0.2, 0.25) is 5.91 Å². The SMILES string of the molecule is Cc1ccc(CN(C)C(=O)c2ccc(C)c(NC(=O)C3CCCN(C)C3)c2)s1. The van der Waals surface area contributed by atoms with Crippen LogP contribution in [0, 0.1) is 19.8 Å². The number of aryl methyl sites for hydroxylation is 2. The minimum atomic E-state index is -0.0426. The topological polar surface area (TPSA) is 52.7 Å². The second kappa shape index (κ2) is 8.88. The number of benzene rings is 1. The Morgan fingerprint density at radius 2 is 2.04 bits per heavy atom. The first-order valence-corrected chi connectivity index (χ1v) is 10.6. The molecule has 0 aliphatic carbocycles. The summed E-state index contributed by atoms with van der Waals surface area (Å²) >= 11 is 1.70. The fraction of sp³-hybridized carbons (Fsp3) is 0.455. The van der Waals surface area contributed by atoms with Gasteiger partial charge < -0.3 is 15.1 Å². The second-order valence-corrected chi connectivity index (χ2v) is 9.17. The number of thiophene rings is 1. The highest BCUT2D eigenvalue weighted by atomic mass is 32.1. The van der Waals surface area contributed by atoms with Crippen LogP contribution in [0.4, 0.5) is 5.69 Å². The van der Waals surface area contributed by atoms with Crippen molar-refractivity contribution in [3.8, 4) is 0 Å². The fourth-order valence-corrected chi connectivity index (χ4v) is 4.54. The van der Waals surface area contributed by atoms with E-state index in [1.165, 1.54) is 4.88 Å². The third-order valence-electron chi connectivity index (χ3n) is 5.27. The lowest BCUT2D eigenvalue weighted by Gasteiger charge is -2.29. The predicted molar refractivity (Wildman–Crippen MR) is 115 cm³/mol. The van der Waals surface area contributed by atoms with E-state index >= 15 is 0 Å². The summed E-state index contributed by atoms with van der Waals surface area (Å²) in [6.45, 7) is 6.43. The molecule has 2 heterocycles. The predicted octanol–water partition coefficient (Wildman–Crippen LogP) is 3.92. The molecule has 1 atom stereocenters. The van der Waals surface area contributed by atoms with Crippen LogP contribution in [0.5, 0.6) is 0 Å². The highest BCUT2D eigenvalue weighted by molar-refractivity contribution is 7.11. The van der Waals surface area contributed by atoms with Crippen molar-refractivity contribution in [3.05, 3.63) is 51.2 Å². The molecule has 150 valence electrons. The first-order chi connectivity index (χ1) is 13.3. The molecule has 1 aromatic carbocycles. The van der Waals surface area contributed by atoms with Gasteiger partial charge >= 0.3 is 0 Å². The summed E-state index contributed by atoms with van der Waals surface area (Å²) in [6, 6.07) is 9.67. The molecular weight excluding hydrogens is 370 g/mol. The summed E-state index contributed by atoms with van der Waals surface area (Å²) in [6.07, 6.45) is 1.95. The van der Waals surface area contributed by atoms with E-state index in [2.05, 4.69) is 36.3 Å². The van der Waals surface area contributed by atoms with Gasteiger partial charge in [-0.2, -0.15) is 0 Å². The Labute approximate surface area is 171 Å². The standard InChI is InChI=1S/C22H29N3O2S/c1-15-7-9-17(22(27)25(4)14-19-10-8-16(2)28-19)12-20(15)23-21(26)18-6-5-11-24(3)13-18/h7-10,12,18H,5-6,11,13-14H2,1-4H3,(H,23,26). The average molecular weight is 400 g/mol. The number of nitrogens with zero attached hydrogens (tertiary/aromatic N) is 2. The minimum absolute atomic E-state index is 0.00208. The Morgan fingerprint density at radius 3 is 2.71 bits per heavy atom. The fourth-order valence-electron chi connectivity index (χ4n) is 3.60. The molecule has 1 aliphatic heterocycles. The van der Waals surface area contributed by atoms with E-state index in [9.17, 15) is 9.59 Å². The van der Waals surface area contributed by atoms with Crippen LogP contribution in [0.15, 0.2) is 30.3 Å². The van der Waals surface area contributed by atoms with Gasteiger partial charge in [0.1, 0.15) is 0 Å². The number of likely N-dealkylation sites (tertiary alicyclic amines) is 1. The maximum Gasteiger partial charge on any atom is 0.253 e. The zero-order valence-corrected chi connectivity index (χ0v) is 17.9. The van der Waals surface area contributed by atoms with Crippen molar-refractivity contribution in [3.63, 3.8) is 0 Å². The van der Waals surface area contributed by atoms with Crippen molar-refractivity contribution >= 4 is 28.8 Å². The summed E-state index contributed by atoms with van der Waals surface area (Å²) in [5.74, 6) is 0.00265. The lowest BCUT2D eigenvalue weighted by atomic mass is 9.97. The number of hydrogen-bond acceptors (Lipinski definition) is 4. The molecule has 0 spiro atoms. The molecule has 1 unspecified atom stereocenters. The quantitative estimate of drug-likeness (QED) is 0.829. The summed E-state index contributed by atoms with van der Waals surface area (Å²) in [7, 11) is 3.86. The molecule has 1 N–H and O–H groups in total. The highest BCUT2D eigenvalue weighted by Crippen LogP contribution is 2.23. The number of anilines is 1. The summed E-state index contributed by atoms with van der Waals surface area (Å²) in [5.41, 5.74) is 2.28. The molecule has 2 aromatic rings. The molecule has 1 aromatic heterocycles. The van der Waals surface area contributed by atoms with Crippen LogP contribution < -0.4 is 5.32 Å². The van der Waals surface area contributed by atoms with Crippen LogP contribution in [0.25, 0.3) is 0 Å². The van der Waals surface area contributed by atoms with Gasteiger partial charge in [-0.15, -0.1) is 11.3 Å². The maximum atomic E-state index is 12.9. The molecule has 6 heteroatoms. The number of amides is 2. The maximum absolute atomic E-state index is 12.9. The van der Waals surface area contributed by atoms with Gasteiger partial charge in [-0.3, -0.25) is 9.59 Å². The number of piperidine rings is 1. The molecule has 1 saturated heterocycles. The van der Waals surface area contributed by atoms with E-state index in [0.29, 0.717) is 12.1 Å². The van der Waals surface area contributed by atoms with E-state index in [-0.39, 0.29) is 17.7 Å². The zero-order chi connectivity index (χ0) is 20.3. The Morgan fingerprint density at radius 1 is 1.25 bits per heavy atom. The number of hydrogen-bond donors (Lipinski definition) is 1. The summed E-state index contributed by atoms with van der Waals surface area (Å²) in [5, 5.41) is 3.05. The molecule has 28 heavy (non-hydrogen) atoms. The van der Waals surface area contributed by atoms with Crippen LogP contribution in [0.2, 0.25) is 0 Å². The molecule has 2 amide bonds. The van der Waals surface area contributed by atoms with E-state index in [1.807, 2.05) is 26.1 Å². The monoisotopic (exact) mass is 399 g/mol. The van der Waals surface area contributed by atoms with Crippen LogP contribution in [0.3, 0.4) is 0 Å². The molecule has 0 radical (unpaired) electrons. The van der Waals surface area contributed by atoms with Crippen molar-refractivity contribution in [2.45, 2.75) is 33.2 Å². The second-order valence-electron chi connectivity index (χ2n) is 7.79. The Kier molecular flexibility index (Phi) is 6.52. The summed E-state index contributed by atoms with van der Waals surface area (Å²) < 4.78 is 0. The number of nitrogens with one attached hydrogen (secondary N) is 1. The molecule has 3 rings (SSSR count). The van der Waals surface area contributed by atoms with Gasteiger partial charge in [-0.05, 0) is 70.1 Å². The van der Waals surface area contributed by atoms with Crippen molar-refractivity contribution in [1.29, 1.82) is 0 Å². The molecule has 5 nitrogen and oxygen atoms in total. The molecule has 0 saturated carbocycles. The first-order valence-electron chi connectivity index (χ1n) is 9.74. The van der Waals surface area contributed by atoms with Gasteiger partial charge in [-0.25, -0.2) is 0 Å². The molecule has 1 fully saturated rings. The third kappa shape index (κ3) is 5.00. The van der Waals surface area contributed by atoms with Crippen molar-refractivity contribution in [2.75, 3.05) is 32.5 Å². The normalized spacial score (nSPS) is 17.4. The van der Waals surface area contributed by atoms with Gasteiger partial charge in [-0.1, -0.05) is 6.07 Å². The Hall–Kier alpha value is -2.18. The van der Waals surface area contributed by atoms with Crippen LogP contribution >= 0.6 is 11.3 Å². The molecular formula is C22H29N3O2S. The van der Waals surface area contributed by atoms with Crippen LogP contribution in [-0.4, -0.2) is 48.8 Å². The molecule has 0 bridgehead atoms. The lowest BCUT2D eigenvalue weighted by Crippen LogP contribution is -2.38. The van der Waals surface area contributed by atoms with E-state index in [1.54, 1.807) is 22.3 Å².